The van der Waals surface area contributed by atoms with Gasteiger partial charge in [0.05, 0.1) is 18.0 Å². The Balaban J connectivity index is 2.06. The van der Waals surface area contributed by atoms with Crippen LogP contribution in [0.15, 0.2) is 12.3 Å². The molecule has 1 heterocycles. The summed E-state index contributed by atoms with van der Waals surface area (Å²) in [6.07, 6.45) is -0.863. The Bertz CT molecular complexity index is 493. The monoisotopic (exact) mass is 302 g/mol. The van der Waals surface area contributed by atoms with Crippen LogP contribution in [0.1, 0.15) is 51.3 Å². The Morgan fingerprint density at radius 1 is 1.38 bits per heavy atom. The molecule has 2 rings (SSSR count). The van der Waals surface area contributed by atoms with Crippen LogP contribution in [0.5, 0.6) is 0 Å². The lowest BCUT2D eigenvalue weighted by Crippen LogP contribution is -2.37. The van der Waals surface area contributed by atoms with Crippen molar-refractivity contribution in [1.29, 1.82) is 0 Å². The van der Waals surface area contributed by atoms with Gasteiger partial charge in [-0.15, -0.1) is 0 Å². The Morgan fingerprint density at radius 2 is 2.05 bits per heavy atom. The number of rotatable bonds is 4. The zero-order valence-corrected chi connectivity index (χ0v) is 12.4. The fourth-order valence-corrected chi connectivity index (χ4v) is 2.98. The maximum absolute atomic E-state index is 13.0. The Hall–Kier alpha value is -1.33. The number of hydrogen-bond acceptors (Lipinski definition) is 2. The van der Waals surface area contributed by atoms with E-state index in [0.717, 1.165) is 0 Å². The van der Waals surface area contributed by atoms with Gasteiger partial charge in [0.2, 0.25) is 0 Å². The summed E-state index contributed by atoms with van der Waals surface area (Å²) in [5.41, 5.74) is 0.556. The van der Waals surface area contributed by atoms with Gasteiger partial charge in [0.1, 0.15) is 5.78 Å². The van der Waals surface area contributed by atoms with Crippen LogP contribution in [-0.4, -0.2) is 21.7 Å². The van der Waals surface area contributed by atoms with Crippen LogP contribution in [0.3, 0.4) is 0 Å². The van der Waals surface area contributed by atoms with E-state index in [1.165, 1.54) is 0 Å². The molecule has 0 radical (unpaired) electrons. The van der Waals surface area contributed by atoms with Crippen molar-refractivity contribution in [3.8, 4) is 0 Å². The maximum Gasteiger partial charge on any atom is 0.392 e. The quantitative estimate of drug-likeness (QED) is 0.844. The van der Waals surface area contributed by atoms with Gasteiger partial charge in [-0.3, -0.25) is 9.48 Å². The largest absolute Gasteiger partial charge is 0.392 e. The summed E-state index contributed by atoms with van der Waals surface area (Å²) in [7, 11) is 0. The molecule has 118 valence electrons. The highest BCUT2D eigenvalue weighted by Gasteiger charge is 2.47. The molecular formula is C15H21F3N2O. The predicted molar refractivity (Wildman–Crippen MR) is 72.8 cm³/mol. The van der Waals surface area contributed by atoms with E-state index in [1.807, 2.05) is 13.8 Å². The highest BCUT2D eigenvalue weighted by Crippen LogP contribution is 2.42. The average molecular weight is 302 g/mol. The number of carbonyl (C=O) groups excluding carboxylic acids is 1. The molecule has 0 aromatic carbocycles. The van der Waals surface area contributed by atoms with Crippen molar-refractivity contribution in [2.75, 3.05) is 0 Å². The van der Waals surface area contributed by atoms with Crippen molar-refractivity contribution in [3.05, 3.63) is 18.0 Å². The minimum Gasteiger partial charge on any atom is -0.299 e. The highest BCUT2D eigenvalue weighted by atomic mass is 19.4. The molecule has 21 heavy (non-hydrogen) atoms. The molecular weight excluding hydrogens is 281 g/mol. The maximum atomic E-state index is 13.0. The van der Waals surface area contributed by atoms with Gasteiger partial charge >= 0.3 is 6.18 Å². The summed E-state index contributed by atoms with van der Waals surface area (Å²) in [6.45, 7) is 3.92. The second-order valence-corrected chi connectivity index (χ2v) is 6.06. The molecule has 0 aliphatic heterocycles. The van der Waals surface area contributed by atoms with E-state index >= 15 is 0 Å². The molecule has 2 atom stereocenters. The van der Waals surface area contributed by atoms with Crippen LogP contribution in [-0.2, 0) is 11.2 Å². The van der Waals surface area contributed by atoms with E-state index in [4.69, 9.17) is 0 Å². The second kappa shape index (κ2) is 6.20. The van der Waals surface area contributed by atoms with E-state index in [-0.39, 0.29) is 24.7 Å². The van der Waals surface area contributed by atoms with Crippen LogP contribution in [0.2, 0.25) is 0 Å². The molecule has 0 saturated heterocycles. The lowest BCUT2D eigenvalue weighted by Gasteiger charge is -2.31. The van der Waals surface area contributed by atoms with Crippen LogP contribution in [0.25, 0.3) is 0 Å². The molecule has 0 spiro atoms. The molecule has 1 saturated carbocycles. The van der Waals surface area contributed by atoms with E-state index < -0.39 is 18.0 Å². The van der Waals surface area contributed by atoms with Gasteiger partial charge in [-0.1, -0.05) is 12.8 Å². The SMILES string of the molecule is CC(C)n1ccc(CC(=O)C2CCCCC2C(F)(F)F)n1. The molecule has 1 aromatic heterocycles. The normalized spacial score (nSPS) is 23.5. The molecule has 6 heteroatoms. The standard InChI is InChI=1S/C15H21F3N2O/c1-10(2)20-8-7-11(19-20)9-14(21)12-5-3-4-6-13(12)15(16,17)18/h7-8,10,12-13H,3-6,9H2,1-2H3. The first kappa shape index (κ1) is 16.0. The minimum atomic E-state index is -4.28. The molecule has 0 amide bonds. The smallest absolute Gasteiger partial charge is 0.299 e. The lowest BCUT2D eigenvalue weighted by molar-refractivity contribution is -0.197. The molecule has 1 aliphatic rings. The summed E-state index contributed by atoms with van der Waals surface area (Å²) in [6, 6.07) is 1.88. The summed E-state index contributed by atoms with van der Waals surface area (Å²) in [4.78, 5) is 12.3. The molecule has 1 aliphatic carbocycles. The van der Waals surface area contributed by atoms with Crippen LogP contribution in [0, 0.1) is 11.8 Å². The molecule has 0 N–H and O–H groups in total. The third-order valence-corrected chi connectivity index (χ3v) is 4.15. The van der Waals surface area contributed by atoms with Crippen molar-refractivity contribution >= 4 is 5.78 Å². The Kier molecular flexibility index (Phi) is 4.74. The first-order valence-electron chi connectivity index (χ1n) is 7.42. The van der Waals surface area contributed by atoms with Crippen LogP contribution in [0.4, 0.5) is 13.2 Å². The fourth-order valence-electron chi connectivity index (χ4n) is 2.98. The summed E-state index contributed by atoms with van der Waals surface area (Å²) in [5, 5.41) is 4.25. The minimum absolute atomic E-state index is 0.00301. The summed E-state index contributed by atoms with van der Waals surface area (Å²) < 4.78 is 40.8. The van der Waals surface area contributed by atoms with Gasteiger partial charge in [0.25, 0.3) is 0 Å². The Morgan fingerprint density at radius 3 is 2.62 bits per heavy atom. The Labute approximate surface area is 122 Å². The second-order valence-electron chi connectivity index (χ2n) is 6.06. The number of ketones is 1. The molecule has 1 fully saturated rings. The molecule has 2 unspecified atom stereocenters. The first-order valence-corrected chi connectivity index (χ1v) is 7.42. The molecule has 3 nitrogen and oxygen atoms in total. The van der Waals surface area contributed by atoms with Crippen LogP contribution >= 0.6 is 0 Å². The topological polar surface area (TPSA) is 34.9 Å². The van der Waals surface area contributed by atoms with Crippen molar-refractivity contribution in [2.45, 2.75) is 58.2 Å². The van der Waals surface area contributed by atoms with Crippen molar-refractivity contribution in [2.24, 2.45) is 11.8 Å². The lowest BCUT2D eigenvalue weighted by atomic mass is 9.75. The van der Waals surface area contributed by atoms with E-state index in [1.54, 1.807) is 16.9 Å². The van der Waals surface area contributed by atoms with Gasteiger partial charge in [-0.25, -0.2) is 0 Å². The zero-order valence-electron chi connectivity index (χ0n) is 12.4. The van der Waals surface area contributed by atoms with Crippen molar-refractivity contribution in [3.63, 3.8) is 0 Å². The van der Waals surface area contributed by atoms with Gasteiger partial charge in [-0.2, -0.15) is 18.3 Å². The van der Waals surface area contributed by atoms with Gasteiger partial charge in [0, 0.05) is 18.2 Å². The zero-order chi connectivity index (χ0) is 15.6. The molecule has 1 aromatic rings. The number of Topliss-reactive ketones (excluding diaryl/α,β-unsaturated/α-hetero) is 1. The van der Waals surface area contributed by atoms with Gasteiger partial charge in [0.15, 0.2) is 0 Å². The summed E-state index contributed by atoms with van der Waals surface area (Å²) in [5.74, 6) is -2.71. The first-order chi connectivity index (χ1) is 9.79. The number of halogens is 3. The summed E-state index contributed by atoms with van der Waals surface area (Å²) >= 11 is 0. The van der Waals surface area contributed by atoms with E-state index in [2.05, 4.69) is 5.10 Å². The predicted octanol–water partition coefficient (Wildman–Crippen LogP) is 3.94. The van der Waals surface area contributed by atoms with Crippen molar-refractivity contribution < 1.29 is 18.0 Å². The third-order valence-electron chi connectivity index (χ3n) is 4.15. The number of hydrogen-bond donors (Lipinski definition) is 0. The fraction of sp³-hybridized carbons (Fsp3) is 0.733. The number of alkyl halides is 3. The average Bonchev–Trinajstić information content (AvgIpc) is 2.86. The van der Waals surface area contributed by atoms with E-state index in [9.17, 15) is 18.0 Å². The third kappa shape index (κ3) is 3.86. The number of aromatic nitrogens is 2. The van der Waals surface area contributed by atoms with Gasteiger partial charge in [-0.05, 0) is 32.8 Å². The van der Waals surface area contributed by atoms with Crippen molar-refractivity contribution in [1.82, 2.24) is 9.78 Å². The molecule has 0 bridgehead atoms. The van der Waals surface area contributed by atoms with Gasteiger partial charge < -0.3 is 0 Å². The number of carbonyl (C=O) groups is 1. The number of nitrogens with zero attached hydrogens (tertiary/aromatic N) is 2. The van der Waals surface area contributed by atoms with Crippen LogP contribution < -0.4 is 0 Å². The van der Waals surface area contributed by atoms with E-state index in [0.29, 0.717) is 25.0 Å². The highest BCUT2D eigenvalue weighted by molar-refractivity contribution is 5.83.